The molecule has 0 saturated carbocycles. The van der Waals surface area contributed by atoms with Gasteiger partial charge in [0.15, 0.2) is 0 Å². The van der Waals surface area contributed by atoms with Crippen molar-refractivity contribution in [3.8, 4) is 0 Å². The summed E-state index contributed by atoms with van der Waals surface area (Å²) >= 11 is 0. The molecule has 0 aromatic rings. The average Bonchev–Trinajstić information content (AvgIpc) is 2.91. The lowest BCUT2D eigenvalue weighted by Gasteiger charge is -2.17. The average molecular weight is 600 g/mol. The van der Waals surface area contributed by atoms with E-state index in [1.165, 1.54) is 6.92 Å². The van der Waals surface area contributed by atoms with Crippen LogP contribution in [0.1, 0.15) is 104 Å². The van der Waals surface area contributed by atoms with Gasteiger partial charge >= 0.3 is 18.0 Å². The maximum Gasteiger partial charge on any atom is 0.326 e. The summed E-state index contributed by atoms with van der Waals surface area (Å²) in [5.74, 6) is -2.65. The number of carboxylic acid groups (broad SMARTS) is 2. The standard InChI is InChI=1S/C28H49N5O9/c1-20(11-7-9-17-29-21(2)35)31-25(37)14-6-4-3-5-13-24(36)30-18-10-8-12-22(19-34)32-28(42)33-23(27(40)41)15-16-26(38)39/h19-20,22-23H,3-18H2,1-2H3,(H,29,35)(H,30,36)(H,31,37)(H,38,39)(H,40,41)(H2,32,33,42)/t20?,22-,23-/m0/s1. The topological polar surface area (TPSA) is 220 Å². The molecule has 14 nitrogen and oxygen atoms in total. The lowest BCUT2D eigenvalue weighted by molar-refractivity contribution is -0.140. The Labute approximate surface area is 247 Å². The van der Waals surface area contributed by atoms with Crippen molar-refractivity contribution in [3.63, 3.8) is 0 Å². The SMILES string of the molecule is CC(=O)NCCCCC(C)NC(=O)CCCCCCC(=O)NCCCC[C@@H](C=O)NC(=O)N[C@@H](CCC(=O)O)C(=O)O. The zero-order valence-electron chi connectivity index (χ0n) is 24.9. The summed E-state index contributed by atoms with van der Waals surface area (Å²) in [5, 5.41) is 30.8. The Kier molecular flexibility index (Phi) is 21.8. The number of carbonyl (C=O) groups excluding carboxylic acids is 5. The third-order valence-electron chi connectivity index (χ3n) is 6.40. The molecule has 0 bridgehead atoms. The maximum absolute atomic E-state index is 12.1. The molecule has 0 aliphatic rings. The molecule has 0 aliphatic heterocycles. The van der Waals surface area contributed by atoms with Crippen molar-refractivity contribution in [1.82, 2.24) is 26.6 Å². The van der Waals surface area contributed by atoms with Crippen molar-refractivity contribution in [2.45, 2.75) is 122 Å². The summed E-state index contributed by atoms with van der Waals surface area (Å²) in [7, 11) is 0. The number of urea groups is 1. The van der Waals surface area contributed by atoms with Crippen LogP contribution in [0.15, 0.2) is 0 Å². The van der Waals surface area contributed by atoms with Crippen molar-refractivity contribution in [1.29, 1.82) is 0 Å². The van der Waals surface area contributed by atoms with Gasteiger partial charge in [0.05, 0.1) is 6.04 Å². The van der Waals surface area contributed by atoms with Crippen LogP contribution in [0.4, 0.5) is 4.79 Å². The van der Waals surface area contributed by atoms with Crippen LogP contribution in [0.2, 0.25) is 0 Å². The highest BCUT2D eigenvalue weighted by molar-refractivity contribution is 5.84. The van der Waals surface area contributed by atoms with Crippen LogP contribution in [0.25, 0.3) is 0 Å². The largest absolute Gasteiger partial charge is 0.481 e. The zero-order valence-corrected chi connectivity index (χ0v) is 24.9. The molecule has 240 valence electrons. The molecule has 0 rings (SSSR count). The molecular weight excluding hydrogens is 550 g/mol. The fourth-order valence-electron chi connectivity index (χ4n) is 4.06. The molecule has 0 aromatic heterocycles. The van der Waals surface area contributed by atoms with Crippen molar-refractivity contribution in [3.05, 3.63) is 0 Å². The Morgan fingerprint density at radius 3 is 1.83 bits per heavy atom. The van der Waals surface area contributed by atoms with Crippen molar-refractivity contribution < 1.29 is 43.8 Å². The second-order valence-electron chi connectivity index (χ2n) is 10.4. The van der Waals surface area contributed by atoms with Gasteiger partial charge in [0.2, 0.25) is 17.7 Å². The van der Waals surface area contributed by atoms with Crippen LogP contribution < -0.4 is 26.6 Å². The Morgan fingerprint density at radius 1 is 0.667 bits per heavy atom. The number of amides is 5. The van der Waals surface area contributed by atoms with Crippen LogP contribution in [-0.4, -0.2) is 83.4 Å². The Balaban J connectivity index is 3.87. The number of carbonyl (C=O) groups is 7. The van der Waals surface area contributed by atoms with Gasteiger partial charge < -0.3 is 41.6 Å². The van der Waals surface area contributed by atoms with Gasteiger partial charge in [-0.3, -0.25) is 19.2 Å². The molecular formula is C28H49N5O9. The van der Waals surface area contributed by atoms with E-state index in [9.17, 15) is 33.6 Å². The number of nitrogens with one attached hydrogen (secondary N) is 5. The summed E-state index contributed by atoms with van der Waals surface area (Å²) in [6.45, 7) is 4.52. The van der Waals surface area contributed by atoms with Crippen LogP contribution >= 0.6 is 0 Å². The van der Waals surface area contributed by atoms with Gasteiger partial charge in [-0.15, -0.1) is 0 Å². The van der Waals surface area contributed by atoms with E-state index >= 15 is 0 Å². The maximum atomic E-state index is 12.1. The van der Waals surface area contributed by atoms with E-state index in [0.717, 1.165) is 38.5 Å². The van der Waals surface area contributed by atoms with Crippen molar-refractivity contribution >= 4 is 42.0 Å². The number of rotatable bonds is 25. The van der Waals surface area contributed by atoms with Gasteiger partial charge in [-0.2, -0.15) is 0 Å². The molecule has 1 unspecified atom stereocenters. The van der Waals surface area contributed by atoms with Gasteiger partial charge in [0.1, 0.15) is 12.3 Å². The van der Waals surface area contributed by atoms with E-state index in [4.69, 9.17) is 10.2 Å². The molecule has 0 radical (unpaired) electrons. The first-order valence-electron chi connectivity index (χ1n) is 14.7. The third-order valence-corrected chi connectivity index (χ3v) is 6.40. The number of aliphatic carboxylic acids is 2. The number of carboxylic acids is 2. The Morgan fingerprint density at radius 2 is 1.26 bits per heavy atom. The Bertz CT molecular complexity index is 869. The molecule has 5 amide bonds. The molecule has 42 heavy (non-hydrogen) atoms. The minimum atomic E-state index is -1.39. The zero-order chi connectivity index (χ0) is 31.8. The van der Waals surface area contributed by atoms with E-state index in [1.807, 2.05) is 6.92 Å². The first-order valence-corrected chi connectivity index (χ1v) is 14.7. The van der Waals surface area contributed by atoms with E-state index in [0.29, 0.717) is 57.9 Å². The second-order valence-corrected chi connectivity index (χ2v) is 10.4. The van der Waals surface area contributed by atoms with Crippen LogP contribution in [0, 0.1) is 0 Å². The lowest BCUT2D eigenvalue weighted by Crippen LogP contribution is -2.49. The van der Waals surface area contributed by atoms with Crippen molar-refractivity contribution in [2.24, 2.45) is 0 Å². The minimum absolute atomic E-state index is 0.0231. The molecule has 0 heterocycles. The van der Waals surface area contributed by atoms with Crippen LogP contribution in [0.5, 0.6) is 0 Å². The van der Waals surface area contributed by atoms with Gasteiger partial charge in [-0.25, -0.2) is 9.59 Å². The third kappa shape index (κ3) is 23.0. The monoisotopic (exact) mass is 599 g/mol. The minimum Gasteiger partial charge on any atom is -0.481 e. The molecule has 0 aliphatic carbocycles. The molecule has 0 aromatic carbocycles. The van der Waals surface area contributed by atoms with E-state index in [1.54, 1.807) is 0 Å². The predicted molar refractivity (Wildman–Crippen MR) is 155 cm³/mol. The van der Waals surface area contributed by atoms with Crippen LogP contribution in [0.3, 0.4) is 0 Å². The molecule has 0 saturated heterocycles. The van der Waals surface area contributed by atoms with Gasteiger partial charge in [-0.1, -0.05) is 12.8 Å². The summed E-state index contributed by atoms with van der Waals surface area (Å²) in [6, 6.07) is -3.02. The number of hydrogen-bond donors (Lipinski definition) is 7. The van der Waals surface area contributed by atoms with Gasteiger partial charge in [0.25, 0.3) is 0 Å². The number of hydrogen-bond acceptors (Lipinski definition) is 7. The van der Waals surface area contributed by atoms with E-state index in [2.05, 4.69) is 26.6 Å². The smallest absolute Gasteiger partial charge is 0.326 e. The van der Waals surface area contributed by atoms with E-state index < -0.39 is 36.5 Å². The quantitative estimate of drug-likeness (QED) is 0.0597. The van der Waals surface area contributed by atoms with E-state index in [-0.39, 0.29) is 30.2 Å². The lowest BCUT2D eigenvalue weighted by atomic mass is 10.1. The fraction of sp³-hybridized carbons (Fsp3) is 0.750. The predicted octanol–water partition coefficient (Wildman–Crippen LogP) is 1.61. The number of aldehydes is 1. The summed E-state index contributed by atoms with van der Waals surface area (Å²) in [6.07, 6.45) is 7.89. The van der Waals surface area contributed by atoms with Gasteiger partial charge in [-0.05, 0) is 64.7 Å². The highest BCUT2D eigenvalue weighted by Crippen LogP contribution is 2.07. The molecule has 3 atom stereocenters. The fourth-order valence-corrected chi connectivity index (χ4v) is 4.06. The summed E-state index contributed by atoms with van der Waals surface area (Å²) in [5.41, 5.74) is 0. The number of unbranched alkanes of at least 4 members (excludes halogenated alkanes) is 5. The first-order chi connectivity index (χ1) is 19.9. The second kappa shape index (κ2) is 23.9. The summed E-state index contributed by atoms with van der Waals surface area (Å²) in [4.78, 5) is 79.9. The summed E-state index contributed by atoms with van der Waals surface area (Å²) < 4.78 is 0. The highest BCUT2D eigenvalue weighted by atomic mass is 16.4. The van der Waals surface area contributed by atoms with Crippen molar-refractivity contribution in [2.75, 3.05) is 13.1 Å². The Hall–Kier alpha value is -3.71. The molecule has 0 fully saturated rings. The normalized spacial score (nSPS) is 12.7. The molecule has 14 heteroatoms. The first kappa shape index (κ1) is 38.3. The molecule has 7 N–H and O–H groups in total. The van der Waals surface area contributed by atoms with Gasteiger partial charge in [0, 0.05) is 45.3 Å². The molecule has 0 spiro atoms. The highest BCUT2D eigenvalue weighted by Gasteiger charge is 2.22. The van der Waals surface area contributed by atoms with Crippen LogP contribution in [-0.2, 0) is 28.8 Å².